The van der Waals surface area contributed by atoms with Crippen LogP contribution in [0, 0.1) is 5.92 Å². The van der Waals surface area contributed by atoms with Crippen molar-refractivity contribution in [3.05, 3.63) is 30.1 Å². The second-order valence-electron chi connectivity index (χ2n) is 5.30. The number of nitrogens with two attached hydrogens (primary N) is 1. The fourth-order valence-electron chi connectivity index (χ4n) is 2.95. The Bertz CT molecular complexity index is 504. The van der Waals surface area contributed by atoms with E-state index in [1.807, 2.05) is 12.1 Å². The molecule has 1 aromatic rings. The lowest BCUT2D eigenvalue weighted by Gasteiger charge is -2.33. The smallest absolute Gasteiger partial charge is 0.150 e. The van der Waals surface area contributed by atoms with Gasteiger partial charge in [-0.15, -0.1) is 0 Å². The summed E-state index contributed by atoms with van der Waals surface area (Å²) in [5, 5.41) is -0.232. The number of nitrogens with zero attached hydrogens (tertiary/aromatic N) is 1. The molecule has 19 heavy (non-hydrogen) atoms. The van der Waals surface area contributed by atoms with Gasteiger partial charge in [-0.1, -0.05) is 6.42 Å². The first-order valence-electron chi connectivity index (χ1n) is 6.57. The average molecular weight is 283 g/mol. The van der Waals surface area contributed by atoms with Crippen molar-refractivity contribution in [2.24, 2.45) is 11.8 Å². The Morgan fingerprint density at radius 2 is 2.05 bits per heavy atom. The van der Waals surface area contributed by atoms with Gasteiger partial charge in [0.2, 0.25) is 0 Å². The van der Waals surface area contributed by atoms with Crippen molar-refractivity contribution in [1.29, 1.82) is 0 Å². The molecule has 0 radical (unpaired) electrons. The third-order valence-electron chi connectivity index (χ3n) is 3.99. The first kappa shape index (κ1) is 14.4. The van der Waals surface area contributed by atoms with Gasteiger partial charge in [0.1, 0.15) is 9.84 Å². The minimum Gasteiger partial charge on any atom is -0.271 e. The summed E-state index contributed by atoms with van der Waals surface area (Å²) in [4.78, 5) is 4.00. The Balaban J connectivity index is 2.15. The standard InChI is InChI=1S/C13H21N3O2S/c1-19(17,18)12-4-2-3-11(9-12)13(16-14)10-5-7-15-8-6-10/h5-8,11-13,16H,2-4,9,14H2,1H3. The molecule has 3 atom stereocenters. The zero-order valence-corrected chi connectivity index (χ0v) is 11.9. The fraction of sp³-hybridized carbons (Fsp3) is 0.615. The van der Waals surface area contributed by atoms with Crippen LogP contribution in [-0.4, -0.2) is 24.9 Å². The number of hydrogen-bond acceptors (Lipinski definition) is 5. The molecule has 1 saturated carbocycles. The lowest BCUT2D eigenvalue weighted by atomic mass is 9.81. The largest absolute Gasteiger partial charge is 0.271 e. The Morgan fingerprint density at radius 3 is 2.63 bits per heavy atom. The number of nitrogens with one attached hydrogen (secondary N) is 1. The minimum absolute atomic E-state index is 0.00690. The number of hydrazine groups is 1. The first-order chi connectivity index (χ1) is 9.02. The molecular formula is C13H21N3O2S. The van der Waals surface area contributed by atoms with E-state index < -0.39 is 9.84 Å². The molecule has 1 aliphatic rings. The Labute approximate surface area is 114 Å². The number of rotatable bonds is 4. The van der Waals surface area contributed by atoms with E-state index in [1.54, 1.807) is 12.4 Å². The van der Waals surface area contributed by atoms with Crippen LogP contribution in [0.25, 0.3) is 0 Å². The van der Waals surface area contributed by atoms with Gasteiger partial charge in [-0.2, -0.15) is 0 Å². The van der Waals surface area contributed by atoms with Gasteiger partial charge in [-0.05, 0) is 42.9 Å². The molecule has 1 aliphatic carbocycles. The summed E-state index contributed by atoms with van der Waals surface area (Å²) in [5.74, 6) is 5.92. The van der Waals surface area contributed by atoms with Crippen molar-refractivity contribution in [3.63, 3.8) is 0 Å². The van der Waals surface area contributed by atoms with Crippen molar-refractivity contribution in [1.82, 2.24) is 10.4 Å². The lowest BCUT2D eigenvalue weighted by Crippen LogP contribution is -2.38. The topological polar surface area (TPSA) is 85.1 Å². The molecule has 0 bridgehead atoms. The molecule has 0 aromatic carbocycles. The molecule has 0 spiro atoms. The number of sulfone groups is 1. The summed E-state index contributed by atoms with van der Waals surface area (Å²) < 4.78 is 23.4. The maximum absolute atomic E-state index is 11.7. The van der Waals surface area contributed by atoms with Crippen molar-refractivity contribution >= 4 is 9.84 Å². The van der Waals surface area contributed by atoms with Crippen molar-refractivity contribution in [3.8, 4) is 0 Å². The molecule has 0 aliphatic heterocycles. The van der Waals surface area contributed by atoms with Gasteiger partial charge in [0.25, 0.3) is 0 Å². The maximum Gasteiger partial charge on any atom is 0.150 e. The predicted octanol–water partition coefficient (Wildman–Crippen LogP) is 1.19. The third-order valence-corrected chi connectivity index (χ3v) is 5.63. The van der Waals surface area contributed by atoms with Crippen molar-refractivity contribution < 1.29 is 8.42 Å². The molecule has 106 valence electrons. The van der Waals surface area contributed by atoms with Crippen LogP contribution in [0.4, 0.5) is 0 Å². The van der Waals surface area contributed by atoms with E-state index >= 15 is 0 Å². The van der Waals surface area contributed by atoms with E-state index in [0.29, 0.717) is 6.42 Å². The highest BCUT2D eigenvalue weighted by Crippen LogP contribution is 2.36. The van der Waals surface area contributed by atoms with Gasteiger partial charge in [0.15, 0.2) is 0 Å². The van der Waals surface area contributed by atoms with Crippen LogP contribution >= 0.6 is 0 Å². The molecule has 2 rings (SSSR count). The van der Waals surface area contributed by atoms with Gasteiger partial charge < -0.3 is 0 Å². The zero-order valence-electron chi connectivity index (χ0n) is 11.1. The van der Waals surface area contributed by atoms with Gasteiger partial charge >= 0.3 is 0 Å². The van der Waals surface area contributed by atoms with Gasteiger partial charge in [0, 0.05) is 24.7 Å². The summed E-state index contributed by atoms with van der Waals surface area (Å²) in [6.45, 7) is 0. The summed E-state index contributed by atoms with van der Waals surface area (Å²) in [6.07, 6.45) is 8.18. The van der Waals surface area contributed by atoms with E-state index in [2.05, 4.69) is 10.4 Å². The van der Waals surface area contributed by atoms with E-state index in [4.69, 9.17) is 5.84 Å². The molecule has 1 aromatic heterocycles. The number of hydrogen-bond donors (Lipinski definition) is 2. The Hall–Kier alpha value is -0.980. The first-order valence-corrected chi connectivity index (χ1v) is 8.52. The Morgan fingerprint density at radius 1 is 1.37 bits per heavy atom. The Kier molecular flexibility index (Phi) is 4.54. The maximum atomic E-state index is 11.7. The quantitative estimate of drug-likeness (QED) is 0.640. The highest BCUT2D eigenvalue weighted by atomic mass is 32.2. The summed E-state index contributed by atoms with van der Waals surface area (Å²) in [5.41, 5.74) is 3.90. The molecule has 0 saturated heterocycles. The summed E-state index contributed by atoms with van der Waals surface area (Å²) in [7, 11) is -2.96. The van der Waals surface area contributed by atoms with Crippen LogP contribution in [0.3, 0.4) is 0 Å². The van der Waals surface area contributed by atoms with Crippen LogP contribution in [0.15, 0.2) is 24.5 Å². The zero-order chi connectivity index (χ0) is 13.9. The third kappa shape index (κ3) is 3.52. The molecule has 3 unspecified atom stereocenters. The van der Waals surface area contributed by atoms with Crippen LogP contribution in [0.2, 0.25) is 0 Å². The van der Waals surface area contributed by atoms with E-state index in [-0.39, 0.29) is 17.2 Å². The fourth-order valence-corrected chi connectivity index (χ4v) is 4.14. The van der Waals surface area contributed by atoms with Crippen LogP contribution in [-0.2, 0) is 9.84 Å². The predicted molar refractivity (Wildman–Crippen MR) is 74.9 cm³/mol. The molecule has 0 amide bonds. The molecule has 6 heteroatoms. The average Bonchev–Trinajstić information content (AvgIpc) is 2.40. The van der Waals surface area contributed by atoms with E-state index in [1.165, 1.54) is 6.26 Å². The second-order valence-corrected chi connectivity index (χ2v) is 7.63. The van der Waals surface area contributed by atoms with Crippen LogP contribution in [0.1, 0.15) is 37.3 Å². The van der Waals surface area contributed by atoms with Gasteiger partial charge in [-0.25, -0.2) is 8.42 Å². The highest BCUT2D eigenvalue weighted by molar-refractivity contribution is 7.91. The van der Waals surface area contributed by atoms with E-state index in [0.717, 1.165) is 24.8 Å². The molecule has 1 heterocycles. The van der Waals surface area contributed by atoms with E-state index in [9.17, 15) is 8.42 Å². The molecule has 3 N–H and O–H groups in total. The number of pyridine rings is 1. The summed E-state index contributed by atoms with van der Waals surface area (Å²) in [6, 6.07) is 3.84. The van der Waals surface area contributed by atoms with Crippen molar-refractivity contribution in [2.45, 2.75) is 37.0 Å². The number of aromatic nitrogens is 1. The minimum atomic E-state index is -2.96. The normalized spacial score (nSPS) is 26.0. The highest BCUT2D eigenvalue weighted by Gasteiger charge is 2.33. The molecule has 1 fully saturated rings. The SMILES string of the molecule is CS(=O)(=O)C1CCCC(C(NN)c2ccncc2)C1. The monoisotopic (exact) mass is 283 g/mol. The summed E-state index contributed by atoms with van der Waals surface area (Å²) >= 11 is 0. The second kappa shape index (κ2) is 5.98. The van der Waals surface area contributed by atoms with Crippen LogP contribution in [0.5, 0.6) is 0 Å². The molecular weight excluding hydrogens is 262 g/mol. The molecule has 5 nitrogen and oxygen atoms in total. The van der Waals surface area contributed by atoms with Crippen LogP contribution < -0.4 is 11.3 Å². The van der Waals surface area contributed by atoms with Gasteiger partial charge in [0.05, 0.1) is 5.25 Å². The van der Waals surface area contributed by atoms with Crippen molar-refractivity contribution in [2.75, 3.05) is 6.26 Å². The lowest BCUT2D eigenvalue weighted by molar-refractivity contribution is 0.274. The van der Waals surface area contributed by atoms with Gasteiger partial charge in [-0.3, -0.25) is 16.3 Å².